The average molecular weight is 530 g/mol. The molecule has 39 heavy (non-hydrogen) atoms. The zero-order valence-electron chi connectivity index (χ0n) is 23.0. The lowest BCUT2D eigenvalue weighted by molar-refractivity contribution is -0.122. The Morgan fingerprint density at radius 1 is 1.03 bits per heavy atom. The maximum Gasteiger partial charge on any atom is 0.231 e. The fourth-order valence-corrected chi connectivity index (χ4v) is 6.24. The first-order chi connectivity index (χ1) is 19.0. The number of nitrogens with zero attached hydrogens (tertiary/aromatic N) is 2. The molecule has 8 nitrogen and oxygen atoms in total. The molecule has 2 atom stereocenters. The third kappa shape index (κ3) is 4.63. The lowest BCUT2D eigenvalue weighted by Gasteiger charge is -2.46. The summed E-state index contributed by atoms with van der Waals surface area (Å²) in [5.41, 5.74) is 6.89. The smallest absolute Gasteiger partial charge is 0.231 e. The van der Waals surface area contributed by atoms with Crippen molar-refractivity contribution < 1.29 is 23.7 Å². The van der Waals surface area contributed by atoms with Crippen LogP contribution in [0.3, 0.4) is 0 Å². The Morgan fingerprint density at radius 3 is 2.51 bits per heavy atom. The zero-order chi connectivity index (χ0) is 27.1. The molecule has 3 aromatic carbocycles. The summed E-state index contributed by atoms with van der Waals surface area (Å²) in [5, 5.41) is 3.17. The van der Waals surface area contributed by atoms with Crippen LogP contribution in [0, 0.1) is 0 Å². The second kappa shape index (κ2) is 10.3. The second-order valence-electron chi connectivity index (χ2n) is 10.6. The van der Waals surface area contributed by atoms with E-state index in [9.17, 15) is 4.79 Å². The van der Waals surface area contributed by atoms with Gasteiger partial charge in [-0.25, -0.2) is 0 Å². The molecule has 3 aliphatic rings. The van der Waals surface area contributed by atoms with Crippen molar-refractivity contribution in [3.05, 3.63) is 76.3 Å². The van der Waals surface area contributed by atoms with Gasteiger partial charge in [-0.1, -0.05) is 18.2 Å². The van der Waals surface area contributed by atoms with Crippen molar-refractivity contribution in [3.63, 3.8) is 0 Å². The Labute approximate surface area is 229 Å². The molecule has 1 amide bonds. The monoisotopic (exact) mass is 529 g/mol. The fraction of sp³-hybridized carbons (Fsp3) is 0.387. The molecule has 0 aromatic heterocycles. The molecule has 0 saturated carbocycles. The van der Waals surface area contributed by atoms with Gasteiger partial charge in [-0.05, 0) is 59.0 Å². The normalized spacial score (nSPS) is 19.0. The van der Waals surface area contributed by atoms with Gasteiger partial charge < -0.3 is 29.2 Å². The van der Waals surface area contributed by atoms with Crippen molar-refractivity contribution in [2.75, 3.05) is 46.6 Å². The molecule has 0 spiro atoms. The van der Waals surface area contributed by atoms with Crippen LogP contribution in [0.2, 0.25) is 0 Å². The minimum atomic E-state index is -0.0657. The summed E-state index contributed by atoms with van der Waals surface area (Å²) in [4.78, 5) is 18.0. The minimum Gasteiger partial charge on any atom is -0.493 e. The van der Waals surface area contributed by atoms with E-state index >= 15 is 0 Å². The maximum atomic E-state index is 13.5. The van der Waals surface area contributed by atoms with E-state index in [1.165, 1.54) is 11.1 Å². The predicted octanol–water partition coefficient (Wildman–Crippen LogP) is 4.40. The van der Waals surface area contributed by atoms with Crippen molar-refractivity contribution in [1.29, 1.82) is 0 Å². The summed E-state index contributed by atoms with van der Waals surface area (Å²) in [7, 11) is 7.37. The molecule has 1 N–H and O–H groups in total. The van der Waals surface area contributed by atoms with Crippen LogP contribution < -0.4 is 29.2 Å². The van der Waals surface area contributed by atoms with Crippen LogP contribution in [0.4, 0.5) is 5.69 Å². The van der Waals surface area contributed by atoms with Crippen LogP contribution in [0.5, 0.6) is 23.0 Å². The fourth-order valence-electron chi connectivity index (χ4n) is 6.24. The number of hydrogen-bond acceptors (Lipinski definition) is 7. The zero-order valence-corrected chi connectivity index (χ0v) is 23.0. The molecule has 2 unspecified atom stereocenters. The number of methoxy groups -OCH3 is 2. The van der Waals surface area contributed by atoms with Crippen molar-refractivity contribution in [2.24, 2.45) is 0 Å². The van der Waals surface area contributed by atoms with Crippen molar-refractivity contribution in [1.82, 2.24) is 10.2 Å². The molecule has 0 saturated heterocycles. The summed E-state index contributed by atoms with van der Waals surface area (Å²) >= 11 is 0. The number of fused-ring (bicyclic) bond motifs is 5. The summed E-state index contributed by atoms with van der Waals surface area (Å²) in [5.74, 6) is 2.99. The first-order valence-electron chi connectivity index (χ1n) is 13.4. The number of ether oxygens (including phenoxy) is 4. The van der Waals surface area contributed by atoms with Crippen LogP contribution in [0.1, 0.15) is 46.2 Å². The van der Waals surface area contributed by atoms with E-state index in [2.05, 4.69) is 57.6 Å². The Hall–Kier alpha value is -3.91. The van der Waals surface area contributed by atoms with Gasteiger partial charge in [0, 0.05) is 63.4 Å². The maximum absolute atomic E-state index is 13.5. The van der Waals surface area contributed by atoms with E-state index in [4.69, 9.17) is 18.9 Å². The van der Waals surface area contributed by atoms with Gasteiger partial charge in [0.15, 0.2) is 23.0 Å². The van der Waals surface area contributed by atoms with E-state index in [-0.39, 0.29) is 24.7 Å². The summed E-state index contributed by atoms with van der Waals surface area (Å²) in [6.45, 7) is 2.34. The first kappa shape index (κ1) is 25.4. The van der Waals surface area contributed by atoms with E-state index in [0.717, 1.165) is 59.1 Å². The van der Waals surface area contributed by atoms with Crippen molar-refractivity contribution in [3.8, 4) is 23.0 Å². The highest BCUT2D eigenvalue weighted by Crippen LogP contribution is 2.52. The Bertz CT molecular complexity index is 1390. The minimum absolute atomic E-state index is 0.0205. The molecule has 0 fully saturated rings. The highest BCUT2D eigenvalue weighted by atomic mass is 16.7. The Kier molecular flexibility index (Phi) is 6.73. The molecule has 0 radical (unpaired) electrons. The summed E-state index contributed by atoms with van der Waals surface area (Å²) < 4.78 is 22.9. The van der Waals surface area contributed by atoms with E-state index in [1.807, 2.05) is 20.2 Å². The molecule has 6 rings (SSSR count). The third-order valence-corrected chi connectivity index (χ3v) is 8.19. The topological polar surface area (TPSA) is 72.5 Å². The number of rotatable bonds is 7. The van der Waals surface area contributed by atoms with Crippen LogP contribution in [-0.4, -0.2) is 52.5 Å². The second-order valence-corrected chi connectivity index (χ2v) is 10.6. The summed E-state index contributed by atoms with van der Waals surface area (Å²) in [6, 6.07) is 16.6. The van der Waals surface area contributed by atoms with Gasteiger partial charge in [0.05, 0.1) is 14.2 Å². The number of benzene rings is 3. The van der Waals surface area contributed by atoms with Crippen LogP contribution in [0.25, 0.3) is 0 Å². The number of carbonyl (C=O) groups excluding carboxylic acids is 1. The molecule has 8 heteroatoms. The van der Waals surface area contributed by atoms with Gasteiger partial charge in [-0.15, -0.1) is 0 Å². The third-order valence-electron chi connectivity index (χ3n) is 8.19. The SMILES string of the molecule is COc1ccc2c(c1OC)CN1CCc3cc4c(cc3C1C2CC(=O)NCc1ccc(N(C)C)cc1)OCO4. The number of hydrogen-bond donors (Lipinski definition) is 1. The lowest BCUT2D eigenvalue weighted by Crippen LogP contribution is -2.43. The molecule has 3 aromatic rings. The highest BCUT2D eigenvalue weighted by molar-refractivity contribution is 5.77. The van der Waals surface area contributed by atoms with Gasteiger partial charge in [-0.3, -0.25) is 9.69 Å². The van der Waals surface area contributed by atoms with Gasteiger partial charge in [0.2, 0.25) is 12.7 Å². The lowest BCUT2D eigenvalue weighted by atomic mass is 9.74. The average Bonchev–Trinajstić information content (AvgIpc) is 3.41. The van der Waals surface area contributed by atoms with Gasteiger partial charge in [0.25, 0.3) is 0 Å². The van der Waals surface area contributed by atoms with Crippen molar-refractivity contribution in [2.45, 2.75) is 37.9 Å². The molecule has 204 valence electrons. The number of anilines is 1. The van der Waals surface area contributed by atoms with Crippen LogP contribution in [0.15, 0.2) is 48.5 Å². The van der Waals surface area contributed by atoms with E-state index in [0.29, 0.717) is 18.7 Å². The highest BCUT2D eigenvalue weighted by Gasteiger charge is 2.42. The molecule has 0 aliphatic carbocycles. The number of nitrogens with one attached hydrogen (secondary N) is 1. The molecule has 3 aliphatic heterocycles. The van der Waals surface area contributed by atoms with E-state index in [1.54, 1.807) is 14.2 Å². The summed E-state index contributed by atoms with van der Waals surface area (Å²) in [6.07, 6.45) is 1.26. The number of carbonyl (C=O) groups is 1. The largest absolute Gasteiger partial charge is 0.493 e. The quantitative estimate of drug-likeness (QED) is 0.486. The standard InChI is InChI=1S/C31H35N3O5/c1-33(2)21-7-5-19(6-8-21)16-32-29(35)15-24-22-9-10-26(36-3)31(37-4)25(22)17-34-12-11-20-13-27-28(39-18-38-27)14-23(20)30(24)34/h5-10,13-14,24,30H,11-12,15-18H2,1-4H3,(H,32,35). The van der Waals surface area contributed by atoms with Gasteiger partial charge >= 0.3 is 0 Å². The van der Waals surface area contributed by atoms with Gasteiger partial charge in [-0.2, -0.15) is 0 Å². The van der Waals surface area contributed by atoms with E-state index < -0.39 is 0 Å². The Balaban J connectivity index is 1.33. The van der Waals surface area contributed by atoms with Crippen LogP contribution >= 0.6 is 0 Å². The molecule has 0 bridgehead atoms. The Morgan fingerprint density at radius 2 is 1.79 bits per heavy atom. The first-order valence-corrected chi connectivity index (χ1v) is 13.4. The van der Waals surface area contributed by atoms with Crippen LogP contribution in [-0.2, 0) is 24.3 Å². The number of amides is 1. The van der Waals surface area contributed by atoms with Crippen molar-refractivity contribution >= 4 is 11.6 Å². The molecular formula is C31H35N3O5. The molecular weight excluding hydrogens is 494 g/mol. The van der Waals surface area contributed by atoms with Gasteiger partial charge in [0.1, 0.15) is 0 Å². The predicted molar refractivity (Wildman–Crippen MR) is 149 cm³/mol. The molecule has 3 heterocycles.